The van der Waals surface area contributed by atoms with E-state index in [9.17, 15) is 9.59 Å². The summed E-state index contributed by atoms with van der Waals surface area (Å²) in [5.41, 5.74) is 2.23. The molecule has 0 aromatic heterocycles. The molecule has 0 spiro atoms. The zero-order valence-electron chi connectivity index (χ0n) is 16.4. The van der Waals surface area contributed by atoms with Gasteiger partial charge in [0.1, 0.15) is 0 Å². The summed E-state index contributed by atoms with van der Waals surface area (Å²) in [5, 5.41) is 24.3. The van der Waals surface area contributed by atoms with Crippen molar-refractivity contribution in [3.63, 3.8) is 0 Å². The lowest BCUT2D eigenvalue weighted by Crippen LogP contribution is -2.20. The molecule has 2 aromatic carbocycles. The van der Waals surface area contributed by atoms with Crippen LogP contribution in [0.3, 0.4) is 0 Å². The SMILES string of the molecule is Cl.Cl.O=C(O)[C@@H]1CNC[C@H]1c1ccccc1.O=C(O)[C@H]1CNC[C@@H]1c1ccccc1. The van der Waals surface area contributed by atoms with Crippen molar-refractivity contribution in [2.24, 2.45) is 11.8 Å². The summed E-state index contributed by atoms with van der Waals surface area (Å²) in [7, 11) is 0. The lowest BCUT2D eigenvalue weighted by atomic mass is 9.89. The Labute approximate surface area is 188 Å². The van der Waals surface area contributed by atoms with Gasteiger partial charge >= 0.3 is 11.9 Å². The van der Waals surface area contributed by atoms with Crippen LogP contribution in [-0.4, -0.2) is 48.3 Å². The van der Waals surface area contributed by atoms with Gasteiger partial charge in [-0.1, -0.05) is 60.7 Å². The van der Waals surface area contributed by atoms with Gasteiger partial charge in [-0.05, 0) is 11.1 Å². The van der Waals surface area contributed by atoms with Gasteiger partial charge in [0.25, 0.3) is 0 Å². The molecule has 0 bridgehead atoms. The molecule has 8 heteroatoms. The lowest BCUT2D eigenvalue weighted by molar-refractivity contribution is -0.142. The highest BCUT2D eigenvalue weighted by Gasteiger charge is 2.34. The van der Waals surface area contributed by atoms with Crippen LogP contribution in [0.4, 0.5) is 0 Å². The van der Waals surface area contributed by atoms with Crippen LogP contribution in [0.1, 0.15) is 23.0 Å². The van der Waals surface area contributed by atoms with Gasteiger partial charge in [-0.2, -0.15) is 0 Å². The van der Waals surface area contributed by atoms with E-state index >= 15 is 0 Å². The van der Waals surface area contributed by atoms with Gasteiger partial charge < -0.3 is 20.8 Å². The van der Waals surface area contributed by atoms with Gasteiger partial charge in [0.2, 0.25) is 0 Å². The molecule has 0 saturated carbocycles. The number of halogens is 2. The van der Waals surface area contributed by atoms with E-state index < -0.39 is 11.9 Å². The fraction of sp³-hybridized carbons (Fsp3) is 0.364. The standard InChI is InChI=1S/2C11H13NO2.2ClH/c2*13-11(14)10-7-12-6-9(10)8-4-2-1-3-5-8;;/h2*1-5,9-10,12H,6-7H2,(H,13,14);2*1H/t2*9-,10+;;/m10../s1. The molecule has 0 unspecified atom stereocenters. The maximum atomic E-state index is 10.9. The third-order valence-electron chi connectivity index (χ3n) is 5.52. The highest BCUT2D eigenvalue weighted by Crippen LogP contribution is 2.28. The van der Waals surface area contributed by atoms with E-state index in [0.717, 1.165) is 24.2 Å². The third kappa shape index (κ3) is 6.44. The number of benzene rings is 2. The molecule has 2 heterocycles. The molecule has 2 saturated heterocycles. The predicted octanol–water partition coefficient (Wildman–Crippen LogP) is 2.99. The minimum Gasteiger partial charge on any atom is -0.481 e. The Balaban J connectivity index is 0.000000281. The first kappa shape index (κ1) is 25.9. The Morgan fingerprint density at radius 1 is 0.633 bits per heavy atom. The molecule has 2 aliphatic rings. The minimum atomic E-state index is -0.705. The molecule has 4 atom stereocenters. The maximum absolute atomic E-state index is 10.9. The number of aliphatic carboxylic acids is 2. The van der Waals surface area contributed by atoms with Crippen LogP contribution < -0.4 is 10.6 Å². The Bertz CT molecular complexity index is 725. The molecule has 4 rings (SSSR count). The van der Waals surface area contributed by atoms with Crippen molar-refractivity contribution >= 4 is 36.8 Å². The molecule has 6 nitrogen and oxygen atoms in total. The van der Waals surface area contributed by atoms with Crippen LogP contribution in [0.2, 0.25) is 0 Å². The second-order valence-electron chi connectivity index (χ2n) is 7.24. The summed E-state index contributed by atoms with van der Waals surface area (Å²) in [5.74, 6) is -1.73. The van der Waals surface area contributed by atoms with Crippen molar-refractivity contribution in [1.29, 1.82) is 0 Å². The number of carbonyl (C=O) groups is 2. The smallest absolute Gasteiger partial charge is 0.308 e. The molecule has 0 amide bonds. The van der Waals surface area contributed by atoms with Gasteiger partial charge in [0.15, 0.2) is 0 Å². The average molecular weight is 455 g/mol. The molecular formula is C22H28Cl2N2O4. The van der Waals surface area contributed by atoms with E-state index in [1.807, 2.05) is 60.7 Å². The number of hydrogen-bond acceptors (Lipinski definition) is 4. The second-order valence-corrected chi connectivity index (χ2v) is 7.24. The van der Waals surface area contributed by atoms with Crippen LogP contribution in [-0.2, 0) is 9.59 Å². The normalized spacial score (nSPS) is 24.5. The molecule has 2 aromatic rings. The summed E-state index contributed by atoms with van der Waals surface area (Å²) >= 11 is 0. The van der Waals surface area contributed by atoms with Crippen LogP contribution in [0, 0.1) is 11.8 Å². The summed E-state index contributed by atoms with van der Waals surface area (Å²) in [6, 6.07) is 19.7. The Morgan fingerprint density at radius 3 is 1.27 bits per heavy atom. The molecule has 2 aliphatic heterocycles. The number of carboxylic acids is 2. The molecule has 4 N–H and O–H groups in total. The van der Waals surface area contributed by atoms with Crippen LogP contribution in [0.15, 0.2) is 60.7 Å². The van der Waals surface area contributed by atoms with Crippen molar-refractivity contribution in [3.05, 3.63) is 71.8 Å². The lowest BCUT2D eigenvalue weighted by Gasteiger charge is -2.14. The Kier molecular flexibility index (Phi) is 10.8. The number of nitrogens with one attached hydrogen (secondary N) is 2. The molecule has 0 aliphatic carbocycles. The third-order valence-corrected chi connectivity index (χ3v) is 5.52. The van der Waals surface area contributed by atoms with Gasteiger partial charge in [-0.15, -0.1) is 24.8 Å². The van der Waals surface area contributed by atoms with E-state index in [0.29, 0.717) is 13.1 Å². The van der Waals surface area contributed by atoms with E-state index in [1.165, 1.54) is 0 Å². The van der Waals surface area contributed by atoms with Crippen molar-refractivity contribution < 1.29 is 19.8 Å². The first-order valence-corrected chi connectivity index (χ1v) is 9.55. The second kappa shape index (κ2) is 12.5. The molecule has 0 radical (unpaired) electrons. The highest BCUT2D eigenvalue weighted by molar-refractivity contribution is 5.85. The van der Waals surface area contributed by atoms with Crippen molar-refractivity contribution in [2.45, 2.75) is 11.8 Å². The van der Waals surface area contributed by atoms with Gasteiger partial charge in [0.05, 0.1) is 11.8 Å². The topological polar surface area (TPSA) is 98.7 Å². The first-order chi connectivity index (χ1) is 13.6. The number of hydrogen-bond donors (Lipinski definition) is 4. The zero-order chi connectivity index (χ0) is 19.9. The zero-order valence-corrected chi connectivity index (χ0v) is 18.1. The monoisotopic (exact) mass is 454 g/mol. The summed E-state index contributed by atoms with van der Waals surface area (Å²) in [4.78, 5) is 21.9. The number of rotatable bonds is 4. The van der Waals surface area contributed by atoms with Crippen molar-refractivity contribution in [2.75, 3.05) is 26.2 Å². The highest BCUT2D eigenvalue weighted by atomic mass is 35.5. The van der Waals surface area contributed by atoms with Crippen LogP contribution in [0.5, 0.6) is 0 Å². The van der Waals surface area contributed by atoms with Gasteiger partial charge in [-0.25, -0.2) is 0 Å². The van der Waals surface area contributed by atoms with E-state index in [2.05, 4.69) is 10.6 Å². The van der Waals surface area contributed by atoms with Gasteiger partial charge in [-0.3, -0.25) is 9.59 Å². The maximum Gasteiger partial charge on any atom is 0.308 e. The van der Waals surface area contributed by atoms with Crippen LogP contribution in [0.25, 0.3) is 0 Å². The Morgan fingerprint density at radius 2 is 0.967 bits per heavy atom. The Hall–Kier alpha value is -2.12. The summed E-state index contributed by atoms with van der Waals surface area (Å²) in [6.07, 6.45) is 0. The quantitative estimate of drug-likeness (QED) is 0.566. The molecule has 2 fully saturated rings. The first-order valence-electron chi connectivity index (χ1n) is 9.55. The average Bonchev–Trinajstić information content (AvgIpc) is 3.40. The minimum absolute atomic E-state index is 0. The van der Waals surface area contributed by atoms with Crippen molar-refractivity contribution in [1.82, 2.24) is 10.6 Å². The van der Waals surface area contributed by atoms with Gasteiger partial charge in [0, 0.05) is 38.0 Å². The molecule has 164 valence electrons. The summed E-state index contributed by atoms with van der Waals surface area (Å²) < 4.78 is 0. The van der Waals surface area contributed by atoms with Crippen LogP contribution >= 0.6 is 24.8 Å². The van der Waals surface area contributed by atoms with E-state index in [4.69, 9.17) is 10.2 Å². The molecular weight excluding hydrogens is 427 g/mol. The largest absolute Gasteiger partial charge is 0.481 e. The predicted molar refractivity (Wildman–Crippen MR) is 121 cm³/mol. The molecule has 30 heavy (non-hydrogen) atoms. The van der Waals surface area contributed by atoms with E-state index in [1.54, 1.807) is 0 Å². The fourth-order valence-corrected chi connectivity index (χ4v) is 3.98. The number of carboxylic acid groups (broad SMARTS) is 2. The van der Waals surface area contributed by atoms with Crippen molar-refractivity contribution in [3.8, 4) is 0 Å². The fourth-order valence-electron chi connectivity index (χ4n) is 3.98. The van der Waals surface area contributed by atoms with E-state index in [-0.39, 0.29) is 48.5 Å². The summed E-state index contributed by atoms with van der Waals surface area (Å²) in [6.45, 7) is 2.69.